The molecule has 0 spiro atoms. The Balaban J connectivity index is 2.21. The first-order chi connectivity index (χ1) is 10.0. The van der Waals surface area contributed by atoms with Gasteiger partial charge in [-0.3, -0.25) is 4.98 Å². The molecule has 1 aromatic carbocycles. The van der Waals surface area contributed by atoms with Gasteiger partial charge in [0, 0.05) is 18.8 Å². The van der Waals surface area contributed by atoms with Crippen molar-refractivity contribution in [1.82, 2.24) is 10.3 Å². The first-order valence-electron chi connectivity index (χ1n) is 7.52. The summed E-state index contributed by atoms with van der Waals surface area (Å²) in [6.45, 7) is 9.46. The Bertz CT molecular complexity index is 570. The van der Waals surface area contributed by atoms with E-state index in [1.807, 2.05) is 6.20 Å². The molecule has 1 N–H and O–H groups in total. The Kier molecular flexibility index (Phi) is 4.97. The maximum absolute atomic E-state index is 4.58. The van der Waals surface area contributed by atoms with Crippen molar-refractivity contribution < 1.29 is 0 Å². The number of aromatic nitrogens is 1. The summed E-state index contributed by atoms with van der Waals surface area (Å²) in [5, 5.41) is 3.38. The summed E-state index contributed by atoms with van der Waals surface area (Å²) < 4.78 is 0. The van der Waals surface area contributed by atoms with E-state index >= 15 is 0 Å². The molecule has 2 rings (SSSR count). The van der Waals surface area contributed by atoms with Gasteiger partial charge in [0.1, 0.15) is 0 Å². The van der Waals surface area contributed by atoms with Crippen LogP contribution >= 0.6 is 0 Å². The molecule has 0 bridgehead atoms. The Labute approximate surface area is 128 Å². The van der Waals surface area contributed by atoms with Crippen LogP contribution in [0.4, 0.5) is 11.4 Å². The zero-order valence-corrected chi connectivity index (χ0v) is 13.6. The number of aryl methyl sites for hydroxylation is 2. The Morgan fingerprint density at radius 3 is 2.29 bits per heavy atom. The van der Waals surface area contributed by atoms with Gasteiger partial charge in [-0.2, -0.15) is 0 Å². The molecule has 0 fully saturated rings. The quantitative estimate of drug-likeness (QED) is 0.894. The summed E-state index contributed by atoms with van der Waals surface area (Å²) in [5.74, 6) is 0. The van der Waals surface area contributed by atoms with Crippen LogP contribution < -0.4 is 10.2 Å². The van der Waals surface area contributed by atoms with Crippen LogP contribution in [0.1, 0.15) is 36.7 Å². The van der Waals surface area contributed by atoms with E-state index in [4.69, 9.17) is 0 Å². The van der Waals surface area contributed by atoms with Gasteiger partial charge in [-0.25, -0.2) is 0 Å². The molecule has 1 unspecified atom stereocenters. The van der Waals surface area contributed by atoms with Crippen LogP contribution in [0.15, 0.2) is 36.5 Å². The fraction of sp³-hybridized carbons (Fsp3) is 0.389. The molecule has 0 aliphatic rings. The number of nitrogens with zero attached hydrogens (tertiary/aromatic N) is 2. The molecule has 1 heterocycles. The second kappa shape index (κ2) is 6.72. The third-order valence-corrected chi connectivity index (χ3v) is 3.71. The zero-order chi connectivity index (χ0) is 15.4. The molecule has 0 radical (unpaired) electrons. The van der Waals surface area contributed by atoms with Gasteiger partial charge in [0.15, 0.2) is 0 Å². The lowest BCUT2D eigenvalue weighted by molar-refractivity contribution is 0.583. The third kappa shape index (κ3) is 3.82. The molecule has 1 atom stereocenters. The van der Waals surface area contributed by atoms with Crippen molar-refractivity contribution in [3.63, 3.8) is 0 Å². The van der Waals surface area contributed by atoms with Crippen LogP contribution in [0.3, 0.4) is 0 Å². The maximum Gasteiger partial charge on any atom is 0.0594 e. The highest BCUT2D eigenvalue weighted by Crippen LogP contribution is 2.25. The first kappa shape index (κ1) is 15.5. The molecule has 0 aliphatic heterocycles. The summed E-state index contributed by atoms with van der Waals surface area (Å²) in [4.78, 5) is 6.76. The topological polar surface area (TPSA) is 28.2 Å². The molecular weight excluding hydrogens is 258 g/mol. The smallest absolute Gasteiger partial charge is 0.0594 e. The van der Waals surface area contributed by atoms with Gasteiger partial charge >= 0.3 is 0 Å². The average Bonchev–Trinajstić information content (AvgIpc) is 2.46. The van der Waals surface area contributed by atoms with E-state index in [2.05, 4.69) is 80.3 Å². The predicted octanol–water partition coefficient (Wildman–Crippen LogP) is 4.14. The molecule has 0 aliphatic carbocycles. The van der Waals surface area contributed by atoms with E-state index in [1.165, 1.54) is 16.8 Å². The lowest BCUT2D eigenvalue weighted by atomic mass is 10.1. The standard InChI is InChI=1S/C18H25N3/c1-6-19-15(4)18-8-7-16(12-20-18)21(5)17-10-13(2)9-14(3)11-17/h7-12,15,19H,6H2,1-5H3. The summed E-state index contributed by atoms with van der Waals surface area (Å²) >= 11 is 0. The van der Waals surface area contributed by atoms with Crippen LogP contribution in [-0.4, -0.2) is 18.6 Å². The molecule has 0 saturated carbocycles. The fourth-order valence-electron chi connectivity index (χ4n) is 2.56. The minimum atomic E-state index is 0.288. The SMILES string of the molecule is CCNC(C)c1ccc(N(C)c2cc(C)cc(C)c2)cn1. The Hall–Kier alpha value is -1.87. The number of anilines is 2. The van der Waals surface area contributed by atoms with Gasteiger partial charge in [0.2, 0.25) is 0 Å². The number of hydrogen-bond acceptors (Lipinski definition) is 3. The molecule has 0 saturated heterocycles. The highest BCUT2D eigenvalue weighted by molar-refractivity contribution is 5.63. The van der Waals surface area contributed by atoms with E-state index in [0.29, 0.717) is 0 Å². The normalized spacial score (nSPS) is 12.2. The molecule has 3 heteroatoms. The second-order valence-electron chi connectivity index (χ2n) is 5.63. The summed E-state index contributed by atoms with van der Waals surface area (Å²) in [5.41, 5.74) is 5.94. The highest BCUT2D eigenvalue weighted by atomic mass is 15.1. The molecule has 0 amide bonds. The van der Waals surface area contributed by atoms with E-state index in [-0.39, 0.29) is 6.04 Å². The molecule has 112 valence electrons. The van der Waals surface area contributed by atoms with Crippen molar-refractivity contribution >= 4 is 11.4 Å². The van der Waals surface area contributed by atoms with Gasteiger partial charge in [-0.1, -0.05) is 13.0 Å². The molecule has 2 aromatic rings. The van der Waals surface area contributed by atoms with Crippen LogP contribution in [0, 0.1) is 13.8 Å². The van der Waals surface area contributed by atoms with Gasteiger partial charge in [0.25, 0.3) is 0 Å². The van der Waals surface area contributed by atoms with Crippen molar-refractivity contribution in [3.8, 4) is 0 Å². The lowest BCUT2D eigenvalue weighted by Gasteiger charge is -2.21. The van der Waals surface area contributed by atoms with Crippen LogP contribution in [0.2, 0.25) is 0 Å². The van der Waals surface area contributed by atoms with Gasteiger partial charge in [0.05, 0.1) is 17.6 Å². The van der Waals surface area contributed by atoms with E-state index in [1.54, 1.807) is 0 Å². The zero-order valence-electron chi connectivity index (χ0n) is 13.6. The van der Waals surface area contributed by atoms with Crippen molar-refractivity contribution in [2.45, 2.75) is 33.7 Å². The molecular formula is C18H25N3. The van der Waals surface area contributed by atoms with Crippen LogP contribution in [-0.2, 0) is 0 Å². The molecule has 1 aromatic heterocycles. The van der Waals surface area contributed by atoms with Crippen molar-refractivity contribution in [1.29, 1.82) is 0 Å². The summed E-state index contributed by atoms with van der Waals surface area (Å²) in [6.07, 6.45) is 1.95. The van der Waals surface area contributed by atoms with Crippen LogP contribution in [0.5, 0.6) is 0 Å². The number of pyridine rings is 1. The van der Waals surface area contributed by atoms with Gasteiger partial charge < -0.3 is 10.2 Å². The van der Waals surface area contributed by atoms with E-state index in [0.717, 1.165) is 17.9 Å². The summed E-state index contributed by atoms with van der Waals surface area (Å²) in [6, 6.07) is 11.1. The predicted molar refractivity (Wildman–Crippen MR) is 90.3 cm³/mol. The van der Waals surface area contributed by atoms with Gasteiger partial charge in [-0.05, 0) is 62.7 Å². The monoisotopic (exact) mass is 283 g/mol. The first-order valence-corrected chi connectivity index (χ1v) is 7.52. The fourth-order valence-corrected chi connectivity index (χ4v) is 2.56. The van der Waals surface area contributed by atoms with Gasteiger partial charge in [-0.15, -0.1) is 0 Å². The largest absolute Gasteiger partial charge is 0.343 e. The van der Waals surface area contributed by atoms with Crippen molar-refractivity contribution in [3.05, 3.63) is 53.3 Å². The van der Waals surface area contributed by atoms with Crippen molar-refractivity contribution in [2.24, 2.45) is 0 Å². The number of benzene rings is 1. The maximum atomic E-state index is 4.58. The Morgan fingerprint density at radius 1 is 1.10 bits per heavy atom. The molecule has 3 nitrogen and oxygen atoms in total. The number of nitrogens with one attached hydrogen (secondary N) is 1. The van der Waals surface area contributed by atoms with Crippen LogP contribution in [0.25, 0.3) is 0 Å². The Morgan fingerprint density at radius 2 is 1.76 bits per heavy atom. The average molecular weight is 283 g/mol. The van der Waals surface area contributed by atoms with E-state index < -0.39 is 0 Å². The third-order valence-electron chi connectivity index (χ3n) is 3.71. The highest BCUT2D eigenvalue weighted by Gasteiger charge is 2.08. The second-order valence-corrected chi connectivity index (χ2v) is 5.63. The lowest BCUT2D eigenvalue weighted by Crippen LogP contribution is -2.19. The molecule has 21 heavy (non-hydrogen) atoms. The minimum Gasteiger partial charge on any atom is -0.343 e. The summed E-state index contributed by atoms with van der Waals surface area (Å²) in [7, 11) is 2.08. The number of hydrogen-bond donors (Lipinski definition) is 1. The van der Waals surface area contributed by atoms with E-state index in [9.17, 15) is 0 Å². The number of rotatable bonds is 5. The minimum absolute atomic E-state index is 0.288. The van der Waals surface area contributed by atoms with Crippen molar-refractivity contribution in [2.75, 3.05) is 18.5 Å².